The third kappa shape index (κ3) is 4.11. The molecule has 0 aliphatic carbocycles. The Morgan fingerprint density at radius 1 is 1.50 bits per heavy atom. The summed E-state index contributed by atoms with van der Waals surface area (Å²) < 4.78 is 0. The molecule has 0 spiro atoms. The third-order valence-corrected chi connectivity index (χ3v) is 3.21. The number of nitrogens with one attached hydrogen (secondary N) is 1. The smallest absolute Gasteiger partial charge is 0.149 e. The molecule has 1 aliphatic rings. The topological polar surface area (TPSA) is 40.0 Å². The molecule has 0 aromatic carbocycles. The van der Waals surface area contributed by atoms with Crippen LogP contribution in [-0.2, 0) is 0 Å². The molecule has 0 amide bonds. The van der Waals surface area contributed by atoms with Crippen LogP contribution in [0.15, 0.2) is 35.5 Å². The fourth-order valence-corrected chi connectivity index (χ4v) is 2.26. The molecule has 1 unspecified atom stereocenters. The minimum atomic E-state index is 0.632. The van der Waals surface area contributed by atoms with Gasteiger partial charge in [0.25, 0.3) is 0 Å². The van der Waals surface area contributed by atoms with Crippen LogP contribution in [0.2, 0.25) is 0 Å². The Morgan fingerprint density at radius 2 is 2.28 bits per heavy atom. The molecular formula is C14H24N4. The highest BCUT2D eigenvalue weighted by Gasteiger charge is 2.19. The summed E-state index contributed by atoms with van der Waals surface area (Å²) in [4.78, 5) is 10.6. The van der Waals surface area contributed by atoms with E-state index in [9.17, 15) is 0 Å². The lowest BCUT2D eigenvalue weighted by Crippen LogP contribution is -2.35. The van der Waals surface area contributed by atoms with E-state index in [1.54, 1.807) is 19.4 Å². The van der Waals surface area contributed by atoms with Gasteiger partial charge in [-0.05, 0) is 44.5 Å². The van der Waals surface area contributed by atoms with Crippen LogP contribution in [-0.4, -0.2) is 43.6 Å². The molecule has 1 saturated heterocycles. The van der Waals surface area contributed by atoms with Crippen molar-refractivity contribution in [3.63, 3.8) is 0 Å². The van der Waals surface area contributed by atoms with E-state index in [4.69, 9.17) is 0 Å². The molecule has 0 radical (unpaired) electrons. The molecule has 1 fully saturated rings. The molecule has 100 valence electrons. The molecule has 0 aromatic heterocycles. The summed E-state index contributed by atoms with van der Waals surface area (Å²) in [5, 5.41) is 3.43. The maximum Gasteiger partial charge on any atom is 0.149 e. The van der Waals surface area contributed by atoms with E-state index in [0.29, 0.717) is 5.92 Å². The van der Waals surface area contributed by atoms with Gasteiger partial charge in [-0.15, -0.1) is 0 Å². The first-order valence-electron chi connectivity index (χ1n) is 6.43. The number of nitrogens with zero attached hydrogens (tertiary/aromatic N) is 3. The monoisotopic (exact) mass is 248 g/mol. The van der Waals surface area contributed by atoms with Crippen LogP contribution < -0.4 is 5.32 Å². The van der Waals surface area contributed by atoms with Crippen molar-refractivity contribution in [3.05, 3.63) is 25.6 Å². The molecule has 1 heterocycles. The van der Waals surface area contributed by atoms with Crippen molar-refractivity contribution < 1.29 is 0 Å². The Morgan fingerprint density at radius 3 is 2.78 bits per heavy atom. The van der Waals surface area contributed by atoms with Crippen molar-refractivity contribution in [3.8, 4) is 0 Å². The summed E-state index contributed by atoms with van der Waals surface area (Å²) in [6.07, 6.45) is 6.76. The lowest BCUT2D eigenvalue weighted by Gasteiger charge is -2.25. The van der Waals surface area contributed by atoms with Crippen molar-refractivity contribution in [2.24, 2.45) is 15.9 Å². The van der Waals surface area contributed by atoms with Crippen LogP contribution in [0.4, 0.5) is 0 Å². The van der Waals surface area contributed by atoms with Crippen LogP contribution in [0.5, 0.6) is 0 Å². The molecular weight excluding hydrogens is 224 g/mol. The maximum absolute atomic E-state index is 4.39. The Hall–Kier alpha value is -1.42. The fourth-order valence-electron chi connectivity index (χ4n) is 2.26. The van der Waals surface area contributed by atoms with Gasteiger partial charge in [0.15, 0.2) is 0 Å². The predicted molar refractivity (Wildman–Crippen MR) is 79.2 cm³/mol. The number of rotatable bonds is 5. The quantitative estimate of drug-likeness (QED) is 0.597. The van der Waals surface area contributed by atoms with Crippen molar-refractivity contribution in [1.82, 2.24) is 10.2 Å². The van der Waals surface area contributed by atoms with Gasteiger partial charge in [0, 0.05) is 20.3 Å². The molecule has 1 rings (SSSR count). The Kier molecular flexibility index (Phi) is 6.36. The zero-order valence-corrected chi connectivity index (χ0v) is 11.5. The van der Waals surface area contributed by atoms with E-state index in [1.807, 2.05) is 11.9 Å². The predicted octanol–water partition coefficient (Wildman–Crippen LogP) is 2.06. The van der Waals surface area contributed by atoms with Gasteiger partial charge >= 0.3 is 0 Å². The van der Waals surface area contributed by atoms with E-state index in [2.05, 4.69) is 28.5 Å². The maximum atomic E-state index is 4.39. The number of aliphatic imine (C=N–C) groups is 2. The minimum absolute atomic E-state index is 0.632. The Bertz CT molecular complexity index is 338. The van der Waals surface area contributed by atoms with E-state index in [0.717, 1.165) is 31.1 Å². The molecule has 1 N–H and O–H groups in total. The summed E-state index contributed by atoms with van der Waals surface area (Å²) in [6.45, 7) is 9.65. The second-order valence-electron chi connectivity index (χ2n) is 4.52. The largest absolute Gasteiger partial charge is 0.335 e. The molecule has 0 aromatic rings. The first-order valence-corrected chi connectivity index (χ1v) is 6.43. The van der Waals surface area contributed by atoms with Crippen LogP contribution in [0, 0.1) is 5.92 Å². The number of hydrogen-bond donors (Lipinski definition) is 1. The van der Waals surface area contributed by atoms with E-state index in [-0.39, 0.29) is 0 Å². The average Bonchev–Trinajstić information content (AvgIpc) is 2.40. The van der Waals surface area contributed by atoms with Gasteiger partial charge in [-0.3, -0.25) is 9.98 Å². The van der Waals surface area contributed by atoms with Gasteiger partial charge in [-0.25, -0.2) is 0 Å². The summed E-state index contributed by atoms with van der Waals surface area (Å²) >= 11 is 0. The van der Waals surface area contributed by atoms with Gasteiger partial charge in [0.05, 0.1) is 5.71 Å². The van der Waals surface area contributed by atoms with Gasteiger partial charge in [-0.1, -0.05) is 13.2 Å². The lowest BCUT2D eigenvalue weighted by atomic mass is 9.93. The van der Waals surface area contributed by atoms with E-state index < -0.39 is 0 Å². The summed E-state index contributed by atoms with van der Waals surface area (Å²) in [7, 11) is 3.72. The standard InChI is InChI=1S/C14H24N4/c1-5-17-13(14(15-3)18(4)6-2)10-12-8-7-9-16-11-12/h5-6,12,16H,1-2,7-11H2,3-4H3. The average molecular weight is 248 g/mol. The van der Waals surface area contributed by atoms with Crippen LogP contribution in [0.1, 0.15) is 19.3 Å². The zero-order chi connectivity index (χ0) is 13.4. The minimum Gasteiger partial charge on any atom is -0.335 e. The van der Waals surface area contributed by atoms with E-state index >= 15 is 0 Å². The second kappa shape index (κ2) is 7.82. The van der Waals surface area contributed by atoms with Crippen molar-refractivity contribution in [2.45, 2.75) is 19.3 Å². The van der Waals surface area contributed by atoms with Crippen molar-refractivity contribution >= 4 is 11.5 Å². The van der Waals surface area contributed by atoms with Gasteiger partial charge < -0.3 is 10.2 Å². The van der Waals surface area contributed by atoms with E-state index in [1.165, 1.54) is 12.8 Å². The molecule has 1 atom stereocenters. The Balaban J connectivity index is 2.78. The highest BCUT2D eigenvalue weighted by atomic mass is 15.2. The Labute approximate surface area is 110 Å². The normalized spacial score (nSPS) is 21.6. The number of amidine groups is 1. The van der Waals surface area contributed by atoms with Gasteiger partial charge in [0.1, 0.15) is 5.84 Å². The lowest BCUT2D eigenvalue weighted by molar-refractivity contribution is 0.388. The first-order chi connectivity index (χ1) is 8.72. The number of piperidine rings is 1. The molecule has 0 saturated carbocycles. The second-order valence-corrected chi connectivity index (χ2v) is 4.52. The summed E-state index contributed by atoms with van der Waals surface area (Å²) in [5.41, 5.74) is 0.989. The SMILES string of the molecule is C=CN=C(CC1CCCNC1)C(=NC)N(C)C=C. The van der Waals surface area contributed by atoms with Crippen molar-refractivity contribution in [1.29, 1.82) is 0 Å². The molecule has 4 heteroatoms. The van der Waals surface area contributed by atoms with Crippen LogP contribution in [0.3, 0.4) is 0 Å². The zero-order valence-electron chi connectivity index (χ0n) is 11.5. The van der Waals surface area contributed by atoms with Gasteiger partial charge in [-0.2, -0.15) is 0 Å². The summed E-state index contributed by atoms with van der Waals surface area (Å²) in [6, 6.07) is 0. The third-order valence-electron chi connectivity index (χ3n) is 3.21. The number of hydrogen-bond acceptors (Lipinski definition) is 3. The molecule has 1 aliphatic heterocycles. The molecule has 4 nitrogen and oxygen atoms in total. The molecule has 0 bridgehead atoms. The highest BCUT2D eigenvalue weighted by molar-refractivity contribution is 6.41. The first kappa shape index (κ1) is 14.6. The highest BCUT2D eigenvalue weighted by Crippen LogP contribution is 2.16. The fraction of sp³-hybridized carbons (Fsp3) is 0.571. The summed E-state index contributed by atoms with van der Waals surface area (Å²) in [5.74, 6) is 1.50. The van der Waals surface area contributed by atoms with Crippen LogP contribution >= 0.6 is 0 Å². The van der Waals surface area contributed by atoms with Crippen LogP contribution in [0.25, 0.3) is 0 Å². The van der Waals surface area contributed by atoms with Gasteiger partial charge in [0.2, 0.25) is 0 Å². The molecule has 18 heavy (non-hydrogen) atoms. The van der Waals surface area contributed by atoms with Crippen molar-refractivity contribution in [2.75, 3.05) is 27.2 Å².